The molecule has 1 spiro atoms. The van der Waals surface area contributed by atoms with Crippen LogP contribution in [0.3, 0.4) is 0 Å². The van der Waals surface area contributed by atoms with Gasteiger partial charge in [0.2, 0.25) is 11.9 Å². The Kier molecular flexibility index (Phi) is 6.43. The Morgan fingerprint density at radius 2 is 1.48 bits per heavy atom. The average molecular weight is 453 g/mol. The molecular weight excluding hydrogens is 408 g/mol. The van der Waals surface area contributed by atoms with Gasteiger partial charge in [0, 0.05) is 43.5 Å². The van der Waals surface area contributed by atoms with Crippen LogP contribution in [-0.4, -0.2) is 45.9 Å². The Labute approximate surface area is 200 Å². The normalized spacial score (nSPS) is 29.9. The van der Waals surface area contributed by atoms with Crippen molar-refractivity contribution in [2.24, 2.45) is 23.2 Å². The smallest absolute Gasteiger partial charge is 0.225 e. The maximum atomic E-state index is 12.3. The maximum absolute atomic E-state index is 12.3. The van der Waals surface area contributed by atoms with E-state index >= 15 is 0 Å². The standard InChI is InChI=1S/C28H44N4O/c1-19(2)22-15-24-5-6-25(16-22)32(24)27-29-17-23(18-30-27)21-7-9-28(10-8-21)11-13-31(14-12-28)26(33)20(3)4/h17-22,24-25H,5-16H2,1-4H3. The lowest BCUT2D eigenvalue weighted by molar-refractivity contribution is -0.137. The summed E-state index contributed by atoms with van der Waals surface area (Å²) in [5.74, 6) is 3.68. The minimum atomic E-state index is 0.120. The molecular formula is C28H44N4O. The van der Waals surface area contributed by atoms with Crippen LogP contribution >= 0.6 is 0 Å². The molecule has 2 atom stereocenters. The first kappa shape index (κ1) is 23.1. The van der Waals surface area contributed by atoms with E-state index in [1.165, 1.54) is 69.8 Å². The minimum Gasteiger partial charge on any atom is -0.342 e. The summed E-state index contributed by atoms with van der Waals surface area (Å²) in [5, 5.41) is 0. The maximum Gasteiger partial charge on any atom is 0.225 e. The van der Waals surface area contributed by atoms with E-state index in [4.69, 9.17) is 9.97 Å². The van der Waals surface area contributed by atoms with E-state index in [9.17, 15) is 4.79 Å². The number of carbonyl (C=O) groups is 1. The lowest BCUT2D eigenvalue weighted by Gasteiger charge is -2.46. The molecule has 4 fully saturated rings. The second-order valence-electron chi connectivity index (χ2n) is 12.3. The molecule has 5 nitrogen and oxygen atoms in total. The Balaban J connectivity index is 1.16. The number of aromatic nitrogens is 2. The molecule has 182 valence electrons. The summed E-state index contributed by atoms with van der Waals surface area (Å²) in [7, 11) is 0. The molecule has 0 N–H and O–H groups in total. The summed E-state index contributed by atoms with van der Waals surface area (Å²) in [6, 6.07) is 1.29. The lowest BCUT2D eigenvalue weighted by Crippen LogP contribution is -2.45. The van der Waals surface area contributed by atoms with E-state index in [1.54, 1.807) is 0 Å². The average Bonchev–Trinajstić information content (AvgIpc) is 3.08. The van der Waals surface area contributed by atoms with Crippen molar-refractivity contribution in [3.63, 3.8) is 0 Å². The number of hydrogen-bond acceptors (Lipinski definition) is 4. The molecule has 3 saturated heterocycles. The molecule has 0 radical (unpaired) electrons. The highest BCUT2D eigenvalue weighted by Gasteiger charge is 2.43. The third-order valence-electron chi connectivity index (χ3n) is 9.75. The van der Waals surface area contributed by atoms with Gasteiger partial charge in [-0.15, -0.1) is 0 Å². The highest BCUT2D eigenvalue weighted by atomic mass is 16.2. The van der Waals surface area contributed by atoms with Crippen LogP contribution in [0, 0.1) is 23.2 Å². The summed E-state index contributed by atoms with van der Waals surface area (Å²) in [4.78, 5) is 26.8. The predicted molar refractivity (Wildman–Crippen MR) is 133 cm³/mol. The SMILES string of the molecule is CC(C)C(=O)N1CCC2(CCC(c3cnc(N4C5CCC4CC(C(C)C)C5)nc3)CC2)CC1. The van der Waals surface area contributed by atoms with Crippen molar-refractivity contribution in [1.82, 2.24) is 14.9 Å². The van der Waals surface area contributed by atoms with Gasteiger partial charge in [-0.25, -0.2) is 9.97 Å². The number of piperidine rings is 2. The zero-order chi connectivity index (χ0) is 23.2. The Morgan fingerprint density at radius 3 is 2.00 bits per heavy atom. The van der Waals surface area contributed by atoms with E-state index in [2.05, 4.69) is 36.0 Å². The van der Waals surface area contributed by atoms with Crippen LogP contribution in [0.4, 0.5) is 5.95 Å². The van der Waals surface area contributed by atoms with Gasteiger partial charge in [0.25, 0.3) is 0 Å². The highest BCUT2D eigenvalue weighted by molar-refractivity contribution is 5.78. The van der Waals surface area contributed by atoms with Crippen LogP contribution in [-0.2, 0) is 4.79 Å². The summed E-state index contributed by atoms with van der Waals surface area (Å²) < 4.78 is 0. The molecule has 2 unspecified atom stereocenters. The van der Waals surface area contributed by atoms with Crippen molar-refractivity contribution < 1.29 is 4.79 Å². The van der Waals surface area contributed by atoms with E-state index < -0.39 is 0 Å². The number of hydrogen-bond donors (Lipinski definition) is 0. The molecule has 4 aliphatic rings. The number of fused-ring (bicyclic) bond motifs is 2. The monoisotopic (exact) mass is 452 g/mol. The summed E-state index contributed by atoms with van der Waals surface area (Å²) >= 11 is 0. The molecule has 1 saturated carbocycles. The van der Waals surface area contributed by atoms with Crippen LogP contribution in [0.1, 0.15) is 103 Å². The van der Waals surface area contributed by atoms with Gasteiger partial charge in [0.1, 0.15) is 0 Å². The van der Waals surface area contributed by atoms with Crippen LogP contribution in [0.15, 0.2) is 12.4 Å². The van der Waals surface area contributed by atoms with Crippen LogP contribution in [0.2, 0.25) is 0 Å². The summed E-state index contributed by atoms with van der Waals surface area (Å²) in [5.41, 5.74) is 1.80. The zero-order valence-electron chi connectivity index (χ0n) is 21.3. The molecule has 0 aromatic carbocycles. The van der Waals surface area contributed by atoms with E-state index in [0.29, 0.717) is 29.3 Å². The van der Waals surface area contributed by atoms with Crippen LogP contribution in [0.5, 0.6) is 0 Å². The van der Waals surface area contributed by atoms with Gasteiger partial charge in [0.05, 0.1) is 0 Å². The van der Waals surface area contributed by atoms with Crippen molar-refractivity contribution in [3.05, 3.63) is 18.0 Å². The molecule has 4 heterocycles. The predicted octanol–water partition coefficient (Wildman–Crippen LogP) is 5.80. The summed E-state index contributed by atoms with van der Waals surface area (Å²) in [6.45, 7) is 10.7. The number of nitrogens with zero attached hydrogens (tertiary/aromatic N) is 4. The van der Waals surface area contributed by atoms with Gasteiger partial charge >= 0.3 is 0 Å². The second kappa shape index (κ2) is 9.19. The number of rotatable bonds is 4. The van der Waals surface area contributed by atoms with Gasteiger partial charge in [-0.3, -0.25) is 4.79 Å². The van der Waals surface area contributed by atoms with Gasteiger partial charge in [-0.05, 0) is 92.9 Å². The van der Waals surface area contributed by atoms with E-state index in [0.717, 1.165) is 30.9 Å². The van der Waals surface area contributed by atoms with Crippen LogP contribution < -0.4 is 4.90 Å². The van der Waals surface area contributed by atoms with E-state index in [1.807, 2.05) is 13.8 Å². The van der Waals surface area contributed by atoms with Crippen molar-refractivity contribution >= 4 is 11.9 Å². The van der Waals surface area contributed by atoms with Crippen LogP contribution in [0.25, 0.3) is 0 Å². The number of amides is 1. The Hall–Kier alpha value is -1.65. The topological polar surface area (TPSA) is 49.3 Å². The first-order valence-corrected chi connectivity index (χ1v) is 13.7. The molecule has 1 aromatic heterocycles. The van der Waals surface area contributed by atoms with Crippen molar-refractivity contribution in [1.29, 1.82) is 0 Å². The molecule has 5 heteroatoms. The van der Waals surface area contributed by atoms with Crippen molar-refractivity contribution in [2.75, 3.05) is 18.0 Å². The molecule has 2 bridgehead atoms. The lowest BCUT2D eigenvalue weighted by atomic mass is 9.64. The fourth-order valence-electron chi connectivity index (χ4n) is 7.40. The number of carbonyl (C=O) groups excluding carboxylic acids is 1. The third-order valence-corrected chi connectivity index (χ3v) is 9.75. The molecule has 5 rings (SSSR count). The fraction of sp³-hybridized carbons (Fsp3) is 0.821. The molecule has 1 amide bonds. The van der Waals surface area contributed by atoms with Gasteiger partial charge in [-0.1, -0.05) is 27.7 Å². The number of anilines is 1. The van der Waals surface area contributed by atoms with Crippen molar-refractivity contribution in [2.45, 2.75) is 110 Å². The first-order chi connectivity index (χ1) is 15.8. The van der Waals surface area contributed by atoms with E-state index in [-0.39, 0.29) is 5.92 Å². The van der Waals surface area contributed by atoms with Gasteiger partial charge in [0.15, 0.2) is 0 Å². The fourth-order valence-corrected chi connectivity index (χ4v) is 7.40. The highest BCUT2D eigenvalue weighted by Crippen LogP contribution is 2.49. The molecule has 33 heavy (non-hydrogen) atoms. The molecule has 3 aliphatic heterocycles. The number of likely N-dealkylation sites (tertiary alicyclic amines) is 1. The third kappa shape index (κ3) is 4.53. The zero-order valence-corrected chi connectivity index (χ0v) is 21.3. The first-order valence-electron chi connectivity index (χ1n) is 13.7. The van der Waals surface area contributed by atoms with Gasteiger partial charge in [-0.2, -0.15) is 0 Å². The molecule has 1 aliphatic carbocycles. The van der Waals surface area contributed by atoms with Gasteiger partial charge < -0.3 is 9.80 Å². The summed E-state index contributed by atoms with van der Waals surface area (Å²) in [6.07, 6.45) is 16.9. The second-order valence-corrected chi connectivity index (χ2v) is 12.3. The quantitative estimate of drug-likeness (QED) is 0.579. The molecule has 1 aromatic rings. The Morgan fingerprint density at radius 1 is 0.909 bits per heavy atom. The van der Waals surface area contributed by atoms with Crippen molar-refractivity contribution in [3.8, 4) is 0 Å². The minimum absolute atomic E-state index is 0.120. The Bertz CT molecular complexity index is 803. The largest absolute Gasteiger partial charge is 0.342 e.